The number of pyridine rings is 1. The maximum Gasteiger partial charge on any atom is 0.432 e. The van der Waals surface area contributed by atoms with Crippen molar-refractivity contribution in [3.05, 3.63) is 130 Å². The molecule has 0 unspecified atom stereocenters. The van der Waals surface area contributed by atoms with Crippen molar-refractivity contribution in [3.63, 3.8) is 0 Å². The Balaban J connectivity index is 1.24. The van der Waals surface area contributed by atoms with Crippen LogP contribution in [0.1, 0.15) is 37.5 Å². The molecule has 14 heteroatoms. The lowest BCUT2D eigenvalue weighted by Gasteiger charge is -2.40. The van der Waals surface area contributed by atoms with Gasteiger partial charge >= 0.3 is 6.18 Å². The first kappa shape index (κ1) is 37.3. The van der Waals surface area contributed by atoms with E-state index in [-0.39, 0.29) is 50.9 Å². The van der Waals surface area contributed by atoms with Crippen LogP contribution < -0.4 is 4.90 Å². The molecule has 8 rings (SSSR count). The molecule has 6 aromatic rings. The zero-order chi connectivity index (χ0) is 39.3. The average Bonchev–Trinajstić information content (AvgIpc) is 3.74. The van der Waals surface area contributed by atoms with Crippen LogP contribution in [0.25, 0.3) is 22.3 Å². The first-order valence-electron chi connectivity index (χ1n) is 18.2. The maximum absolute atomic E-state index is 15.2. The molecular formula is C42H38ClF3N6O4. The molecule has 1 saturated heterocycles. The van der Waals surface area contributed by atoms with Crippen molar-refractivity contribution in [2.75, 3.05) is 37.7 Å². The summed E-state index contributed by atoms with van der Waals surface area (Å²) >= 11 is 6.53. The second-order valence-electron chi connectivity index (χ2n) is 14.2. The van der Waals surface area contributed by atoms with Gasteiger partial charge in [0, 0.05) is 85.4 Å². The van der Waals surface area contributed by atoms with E-state index in [0.29, 0.717) is 43.8 Å². The van der Waals surface area contributed by atoms with Crippen molar-refractivity contribution >= 4 is 45.8 Å². The number of halogens is 4. The maximum atomic E-state index is 15.2. The van der Waals surface area contributed by atoms with E-state index < -0.39 is 23.3 Å². The number of carbonyl (C=O) groups excluding carboxylic acids is 2. The zero-order valence-corrected chi connectivity index (χ0v) is 31.4. The number of nitrogens with zero attached hydrogens (tertiary/aromatic N) is 6. The van der Waals surface area contributed by atoms with Crippen LogP contribution in [0.15, 0.2) is 97.3 Å². The number of aromatic hydroxyl groups is 1. The van der Waals surface area contributed by atoms with Crippen molar-refractivity contribution < 1.29 is 32.6 Å². The van der Waals surface area contributed by atoms with E-state index in [9.17, 15) is 14.7 Å². The molecule has 0 saturated carbocycles. The smallest absolute Gasteiger partial charge is 0.432 e. The van der Waals surface area contributed by atoms with Gasteiger partial charge < -0.3 is 23.9 Å². The van der Waals surface area contributed by atoms with E-state index >= 15 is 13.2 Å². The average molecular weight is 783 g/mol. The minimum atomic E-state index is -4.98. The predicted octanol–water partition coefficient (Wildman–Crippen LogP) is 7.83. The van der Waals surface area contributed by atoms with Crippen molar-refractivity contribution in [2.24, 2.45) is 14.1 Å². The van der Waals surface area contributed by atoms with Crippen LogP contribution in [-0.4, -0.2) is 79.7 Å². The lowest BCUT2D eigenvalue weighted by Crippen LogP contribution is -2.52. The highest BCUT2D eigenvalue weighted by molar-refractivity contribution is 6.31. The Labute approximate surface area is 325 Å². The fraction of sp³-hybridized carbons (Fsp3) is 0.262. The van der Waals surface area contributed by atoms with Gasteiger partial charge in [0.15, 0.2) is 0 Å². The Kier molecular flexibility index (Phi) is 9.85. The van der Waals surface area contributed by atoms with Gasteiger partial charge in [-0.2, -0.15) is 13.2 Å². The third kappa shape index (κ3) is 7.02. The molecule has 0 bridgehead atoms. The monoisotopic (exact) mass is 782 g/mol. The molecular weight excluding hydrogens is 745 g/mol. The highest BCUT2D eigenvalue weighted by Gasteiger charge is 2.42. The summed E-state index contributed by atoms with van der Waals surface area (Å²) in [6.45, 7) is 3.56. The molecule has 2 aliphatic rings. The number of anilines is 2. The molecule has 5 heterocycles. The van der Waals surface area contributed by atoms with E-state index in [2.05, 4.69) is 16.0 Å². The number of hydrogen-bond donors (Lipinski definition) is 1. The van der Waals surface area contributed by atoms with Crippen molar-refractivity contribution in [1.82, 2.24) is 23.9 Å². The normalized spacial score (nSPS) is 16.2. The number of fused-ring (bicyclic) bond motifs is 2. The number of rotatable bonds is 7. The molecule has 3 aromatic heterocycles. The molecule has 288 valence electrons. The molecule has 3 aromatic carbocycles. The number of phenolic OH excluding ortho intramolecular Hbond substituents is 1. The van der Waals surface area contributed by atoms with Crippen LogP contribution in [-0.2, 0) is 38.0 Å². The molecule has 0 radical (unpaired) electrons. The molecule has 0 spiro atoms. The summed E-state index contributed by atoms with van der Waals surface area (Å²) in [5, 5.41) is 10.9. The van der Waals surface area contributed by atoms with Crippen LogP contribution in [0.4, 0.5) is 24.5 Å². The molecule has 1 N–H and O–H groups in total. The number of aromatic nitrogens is 3. The highest BCUT2D eigenvalue weighted by atomic mass is 35.5. The van der Waals surface area contributed by atoms with E-state index in [0.717, 1.165) is 33.7 Å². The minimum absolute atomic E-state index is 0.0176. The molecule has 2 aliphatic heterocycles. The minimum Gasteiger partial charge on any atom is -0.508 e. The Morgan fingerprint density at radius 2 is 1.66 bits per heavy atom. The van der Waals surface area contributed by atoms with Crippen LogP contribution >= 0.6 is 11.6 Å². The number of morpholine rings is 1. The molecule has 56 heavy (non-hydrogen) atoms. The standard InChI is InChI=1S/C42H38ClF3N6O4/c1-48-14-13-27-20-31(23-47-39(27)48)52(30-8-10-33(53)11-9-30)41(55)36-22-37(49(2)38(36)42(44,45)46)35-21-29(43)7-12-34(35)40(54)51-24-28-6-4-3-5-26(28)19-32(51)25-50-15-17-56-18-16-50/h3-14,20-23,32,53H,15-19,24-25H2,1-2H3/t32-/m0/s1. The lowest BCUT2D eigenvalue weighted by molar-refractivity contribution is -0.143. The van der Waals surface area contributed by atoms with E-state index in [1.165, 1.54) is 55.7 Å². The first-order valence-corrected chi connectivity index (χ1v) is 18.5. The number of carbonyl (C=O) groups is 2. The lowest BCUT2D eigenvalue weighted by atomic mass is 9.92. The van der Waals surface area contributed by atoms with E-state index in [1.807, 2.05) is 25.2 Å². The predicted molar refractivity (Wildman–Crippen MR) is 207 cm³/mol. The summed E-state index contributed by atoms with van der Waals surface area (Å²) in [6.07, 6.45) is -1.17. The van der Waals surface area contributed by atoms with Gasteiger partial charge in [-0.15, -0.1) is 0 Å². The fourth-order valence-corrected chi connectivity index (χ4v) is 8.05. The number of ether oxygens (including phenoxy) is 1. The number of aryl methyl sites for hydroxylation is 1. The summed E-state index contributed by atoms with van der Waals surface area (Å²) in [4.78, 5) is 39.2. The number of benzene rings is 3. The summed E-state index contributed by atoms with van der Waals surface area (Å²) < 4.78 is 53.9. The van der Waals surface area contributed by atoms with Gasteiger partial charge in [-0.25, -0.2) is 4.98 Å². The van der Waals surface area contributed by atoms with Gasteiger partial charge in [-0.3, -0.25) is 19.4 Å². The van der Waals surface area contributed by atoms with Crippen molar-refractivity contribution in [3.8, 4) is 17.0 Å². The largest absolute Gasteiger partial charge is 0.508 e. The van der Waals surface area contributed by atoms with Crippen molar-refractivity contribution in [2.45, 2.75) is 25.2 Å². The Hall–Kier alpha value is -5.63. The van der Waals surface area contributed by atoms with Gasteiger partial charge in [0.25, 0.3) is 11.8 Å². The molecule has 0 aliphatic carbocycles. The Morgan fingerprint density at radius 3 is 2.39 bits per heavy atom. The topological polar surface area (TPSA) is 96.1 Å². The van der Waals surface area contributed by atoms with Crippen LogP contribution in [0.3, 0.4) is 0 Å². The summed E-state index contributed by atoms with van der Waals surface area (Å²) in [7, 11) is 3.03. The zero-order valence-electron chi connectivity index (χ0n) is 30.6. The van der Waals surface area contributed by atoms with Crippen LogP contribution in [0.2, 0.25) is 5.02 Å². The van der Waals surface area contributed by atoms with Gasteiger partial charge in [0.2, 0.25) is 0 Å². The Bertz CT molecular complexity index is 2460. The van der Waals surface area contributed by atoms with Gasteiger partial charge in [0.05, 0.1) is 30.7 Å². The molecule has 1 fully saturated rings. The summed E-state index contributed by atoms with van der Waals surface area (Å²) in [5.74, 6) is -1.44. The summed E-state index contributed by atoms with van der Waals surface area (Å²) in [6, 6.07) is 22.5. The van der Waals surface area contributed by atoms with Gasteiger partial charge in [-0.05, 0) is 78.2 Å². The number of alkyl halides is 3. The van der Waals surface area contributed by atoms with Gasteiger partial charge in [-0.1, -0.05) is 35.9 Å². The SMILES string of the molecule is Cn1c(-c2cc(Cl)ccc2C(=O)N2Cc3ccccc3C[C@H]2CN2CCOCC2)cc(C(=O)N(c2ccc(O)cc2)c2cnc3c(ccn3C)c2)c1C(F)(F)F. The molecule has 10 nitrogen and oxygen atoms in total. The first-order chi connectivity index (χ1) is 26.9. The van der Waals surface area contributed by atoms with E-state index in [4.69, 9.17) is 16.3 Å². The van der Waals surface area contributed by atoms with Crippen LogP contribution in [0.5, 0.6) is 5.75 Å². The van der Waals surface area contributed by atoms with E-state index in [1.54, 1.807) is 33.9 Å². The summed E-state index contributed by atoms with van der Waals surface area (Å²) in [5.41, 5.74) is 1.63. The second-order valence-corrected chi connectivity index (χ2v) is 14.6. The van der Waals surface area contributed by atoms with Crippen molar-refractivity contribution in [1.29, 1.82) is 0 Å². The van der Waals surface area contributed by atoms with Crippen LogP contribution in [0, 0.1) is 0 Å². The third-order valence-electron chi connectivity index (χ3n) is 10.7. The molecule has 2 amide bonds. The number of amides is 2. The quantitative estimate of drug-likeness (QED) is 0.178. The van der Waals surface area contributed by atoms with Gasteiger partial charge in [0.1, 0.15) is 17.1 Å². The Morgan fingerprint density at radius 1 is 0.929 bits per heavy atom. The highest BCUT2D eigenvalue weighted by Crippen LogP contribution is 2.41. The fourth-order valence-electron chi connectivity index (χ4n) is 7.88. The number of phenols is 1. The third-order valence-corrected chi connectivity index (χ3v) is 10.9. The number of hydrogen-bond acceptors (Lipinski definition) is 6. The second kappa shape index (κ2) is 14.8. The molecule has 1 atom stereocenters.